The van der Waals surface area contributed by atoms with E-state index in [1.165, 1.54) is 29.7 Å². The van der Waals surface area contributed by atoms with Crippen molar-refractivity contribution in [3.05, 3.63) is 35.2 Å². The quantitative estimate of drug-likeness (QED) is 0.843. The average molecular weight is 257 g/mol. The van der Waals surface area contributed by atoms with E-state index in [1.807, 2.05) is 4.68 Å². The van der Waals surface area contributed by atoms with Crippen LogP contribution in [0.25, 0.3) is 0 Å². The van der Waals surface area contributed by atoms with E-state index in [9.17, 15) is 0 Å². The predicted molar refractivity (Wildman–Crippen MR) is 74.1 cm³/mol. The Hall–Kier alpha value is -1.91. The molecule has 1 saturated carbocycles. The third kappa shape index (κ3) is 2.45. The first-order chi connectivity index (χ1) is 9.15. The lowest BCUT2D eigenvalue weighted by atomic mass is 10.1. The maximum atomic E-state index is 4.16. The van der Waals surface area contributed by atoms with Crippen molar-refractivity contribution in [2.45, 2.75) is 39.3 Å². The maximum absolute atomic E-state index is 4.16. The Morgan fingerprint density at radius 1 is 1.32 bits per heavy atom. The summed E-state index contributed by atoms with van der Waals surface area (Å²) in [5.41, 5.74) is 3.79. The van der Waals surface area contributed by atoms with Crippen LogP contribution in [0.4, 0.5) is 5.69 Å². The van der Waals surface area contributed by atoms with E-state index in [2.05, 4.69) is 59.5 Å². The van der Waals surface area contributed by atoms with Gasteiger partial charge in [0.15, 0.2) is 5.82 Å². The van der Waals surface area contributed by atoms with Crippen LogP contribution in [0.5, 0.6) is 0 Å². The summed E-state index contributed by atoms with van der Waals surface area (Å²) in [7, 11) is 2.09. The smallest absolute Gasteiger partial charge is 0.170 e. The van der Waals surface area contributed by atoms with Gasteiger partial charge in [0.2, 0.25) is 0 Å². The first kappa shape index (κ1) is 12.1. The third-order valence-corrected chi connectivity index (χ3v) is 3.61. The van der Waals surface area contributed by atoms with Gasteiger partial charge in [0, 0.05) is 12.7 Å². The maximum Gasteiger partial charge on any atom is 0.170 e. The molecule has 1 aromatic heterocycles. The number of nitrogens with zero attached hydrogens (tertiary/aromatic N) is 5. The summed E-state index contributed by atoms with van der Waals surface area (Å²) in [6.07, 6.45) is 2.40. The molecule has 1 fully saturated rings. The fourth-order valence-electron chi connectivity index (χ4n) is 2.35. The van der Waals surface area contributed by atoms with E-state index in [1.54, 1.807) is 0 Å². The van der Waals surface area contributed by atoms with Gasteiger partial charge < -0.3 is 4.90 Å². The third-order valence-electron chi connectivity index (χ3n) is 3.61. The lowest BCUT2D eigenvalue weighted by Gasteiger charge is -2.21. The van der Waals surface area contributed by atoms with Crippen molar-refractivity contribution in [2.24, 2.45) is 0 Å². The molecule has 1 aromatic carbocycles. The number of tetrazole rings is 1. The van der Waals surface area contributed by atoms with Crippen LogP contribution in [0.2, 0.25) is 0 Å². The molecule has 0 amide bonds. The molecule has 0 spiro atoms. The van der Waals surface area contributed by atoms with E-state index in [4.69, 9.17) is 0 Å². The number of benzene rings is 1. The second-order valence-corrected chi connectivity index (χ2v) is 5.42. The number of hydrogen-bond acceptors (Lipinski definition) is 4. The molecule has 0 radical (unpaired) electrons. The first-order valence-corrected chi connectivity index (χ1v) is 6.70. The van der Waals surface area contributed by atoms with E-state index in [-0.39, 0.29) is 0 Å². The summed E-state index contributed by atoms with van der Waals surface area (Å²) in [5.74, 6) is 0.950. The van der Waals surface area contributed by atoms with Gasteiger partial charge in [-0.15, -0.1) is 5.10 Å². The molecule has 19 heavy (non-hydrogen) atoms. The highest BCUT2D eigenvalue weighted by molar-refractivity contribution is 5.54. The minimum absolute atomic E-state index is 0.525. The topological polar surface area (TPSA) is 46.8 Å². The molecule has 0 unspecified atom stereocenters. The van der Waals surface area contributed by atoms with Crippen LogP contribution >= 0.6 is 0 Å². The van der Waals surface area contributed by atoms with Crippen LogP contribution in [0.3, 0.4) is 0 Å². The Morgan fingerprint density at radius 2 is 2.11 bits per heavy atom. The summed E-state index contributed by atoms with van der Waals surface area (Å²) >= 11 is 0. The molecular formula is C14H19N5. The van der Waals surface area contributed by atoms with Gasteiger partial charge in [-0.1, -0.05) is 12.1 Å². The molecule has 100 valence electrons. The van der Waals surface area contributed by atoms with Crippen LogP contribution in [0.15, 0.2) is 18.2 Å². The lowest BCUT2D eigenvalue weighted by Crippen LogP contribution is -2.20. The van der Waals surface area contributed by atoms with Crippen molar-refractivity contribution in [1.82, 2.24) is 20.2 Å². The van der Waals surface area contributed by atoms with Gasteiger partial charge in [0.1, 0.15) is 0 Å². The SMILES string of the molecule is Cc1ccc(C)c(N(C)Cc2nnnn2C2CC2)c1. The summed E-state index contributed by atoms with van der Waals surface area (Å²) in [4.78, 5) is 2.22. The minimum atomic E-state index is 0.525. The molecule has 3 rings (SSSR count). The first-order valence-electron chi connectivity index (χ1n) is 6.70. The fourth-order valence-corrected chi connectivity index (χ4v) is 2.35. The number of hydrogen-bond donors (Lipinski definition) is 0. The van der Waals surface area contributed by atoms with E-state index in [0.717, 1.165) is 12.4 Å². The molecule has 1 heterocycles. The van der Waals surface area contributed by atoms with Gasteiger partial charge in [-0.3, -0.25) is 0 Å². The van der Waals surface area contributed by atoms with Gasteiger partial charge in [-0.25, -0.2) is 4.68 Å². The number of aryl methyl sites for hydroxylation is 2. The summed E-state index contributed by atoms with van der Waals surface area (Å²) in [5, 5.41) is 12.1. The van der Waals surface area contributed by atoms with Crippen molar-refractivity contribution >= 4 is 5.69 Å². The van der Waals surface area contributed by atoms with E-state index < -0.39 is 0 Å². The van der Waals surface area contributed by atoms with Crippen molar-refractivity contribution in [2.75, 3.05) is 11.9 Å². The van der Waals surface area contributed by atoms with Crippen molar-refractivity contribution < 1.29 is 0 Å². The second kappa shape index (κ2) is 4.64. The number of rotatable bonds is 4. The molecule has 2 aromatic rings. The zero-order valence-electron chi connectivity index (χ0n) is 11.7. The van der Waals surface area contributed by atoms with E-state index in [0.29, 0.717) is 6.04 Å². The zero-order valence-corrected chi connectivity index (χ0v) is 11.7. The van der Waals surface area contributed by atoms with Crippen molar-refractivity contribution in [3.8, 4) is 0 Å². The largest absolute Gasteiger partial charge is 0.367 e. The second-order valence-electron chi connectivity index (χ2n) is 5.42. The number of aromatic nitrogens is 4. The summed E-state index contributed by atoms with van der Waals surface area (Å²) in [6, 6.07) is 7.03. The fraction of sp³-hybridized carbons (Fsp3) is 0.500. The van der Waals surface area contributed by atoms with Crippen LogP contribution in [-0.4, -0.2) is 27.3 Å². The summed E-state index contributed by atoms with van der Waals surface area (Å²) < 4.78 is 1.97. The molecule has 1 aliphatic rings. The molecule has 0 N–H and O–H groups in total. The molecule has 0 bridgehead atoms. The Morgan fingerprint density at radius 3 is 2.84 bits per heavy atom. The zero-order chi connectivity index (χ0) is 13.4. The van der Waals surface area contributed by atoms with Crippen LogP contribution in [0.1, 0.15) is 35.8 Å². The Labute approximate surface area is 113 Å². The van der Waals surface area contributed by atoms with Crippen LogP contribution in [0, 0.1) is 13.8 Å². The minimum Gasteiger partial charge on any atom is -0.367 e. The molecule has 5 nitrogen and oxygen atoms in total. The Kier molecular flexibility index (Phi) is 2.97. The predicted octanol–water partition coefficient (Wildman–Crippen LogP) is 2.26. The molecule has 0 saturated heterocycles. The normalized spacial score (nSPS) is 14.7. The highest BCUT2D eigenvalue weighted by Gasteiger charge is 2.28. The highest BCUT2D eigenvalue weighted by atomic mass is 15.6. The molecule has 0 aliphatic heterocycles. The lowest BCUT2D eigenvalue weighted by molar-refractivity contribution is 0.579. The van der Waals surface area contributed by atoms with Gasteiger partial charge in [0.25, 0.3) is 0 Å². The summed E-state index contributed by atoms with van der Waals surface area (Å²) in [6.45, 7) is 4.99. The van der Waals surface area contributed by atoms with Crippen LogP contribution < -0.4 is 4.90 Å². The Bertz CT molecular complexity index is 585. The van der Waals surface area contributed by atoms with Gasteiger partial charge >= 0.3 is 0 Å². The van der Waals surface area contributed by atoms with E-state index >= 15 is 0 Å². The monoisotopic (exact) mass is 257 g/mol. The molecular weight excluding hydrogens is 238 g/mol. The number of anilines is 1. The van der Waals surface area contributed by atoms with Crippen molar-refractivity contribution in [3.63, 3.8) is 0 Å². The van der Waals surface area contributed by atoms with Gasteiger partial charge in [0.05, 0.1) is 12.6 Å². The molecule has 5 heteroatoms. The molecule has 1 aliphatic carbocycles. The van der Waals surface area contributed by atoms with Gasteiger partial charge in [-0.05, 0) is 54.3 Å². The Balaban J connectivity index is 1.82. The van der Waals surface area contributed by atoms with Crippen LogP contribution in [-0.2, 0) is 6.54 Å². The average Bonchev–Trinajstić information content (AvgIpc) is 3.13. The van der Waals surface area contributed by atoms with Gasteiger partial charge in [-0.2, -0.15) is 0 Å². The standard InChI is InChI=1S/C14H19N5/c1-10-4-5-11(2)13(8-10)18(3)9-14-15-16-17-19(14)12-6-7-12/h4-5,8,12H,6-7,9H2,1-3H3. The molecule has 0 atom stereocenters. The van der Waals surface area contributed by atoms with Crippen molar-refractivity contribution in [1.29, 1.82) is 0 Å². The highest BCUT2D eigenvalue weighted by Crippen LogP contribution is 2.34.